The molecule has 0 bridgehead atoms. The van der Waals surface area contributed by atoms with Crippen molar-refractivity contribution < 1.29 is 0 Å². The third kappa shape index (κ3) is 1.98. The Hall–Kier alpha value is -2.08. The van der Waals surface area contributed by atoms with E-state index in [1.165, 1.54) is 58.4 Å². The molecule has 0 spiro atoms. The van der Waals surface area contributed by atoms with Crippen LogP contribution in [0.1, 0.15) is 36.8 Å². The molecule has 0 saturated carbocycles. The second-order valence-electron chi connectivity index (χ2n) is 6.07. The van der Waals surface area contributed by atoms with Gasteiger partial charge in [-0.05, 0) is 70.9 Å². The highest BCUT2D eigenvalue weighted by Crippen LogP contribution is 2.39. The van der Waals surface area contributed by atoms with Gasteiger partial charge in [0, 0.05) is 0 Å². The van der Waals surface area contributed by atoms with Crippen molar-refractivity contribution in [1.29, 1.82) is 0 Å². The Balaban J connectivity index is 2.19. The minimum absolute atomic E-state index is 1.22. The SMILES string of the molecule is Cc1c2ccccc2c(C2=CCCCC2)c2ccccc12. The lowest BCUT2D eigenvalue weighted by molar-refractivity contribution is 0.743. The molecule has 0 fully saturated rings. The Kier molecular flexibility index (Phi) is 3.03. The number of benzene rings is 3. The Morgan fingerprint density at radius 3 is 1.81 bits per heavy atom. The summed E-state index contributed by atoms with van der Waals surface area (Å²) in [6.45, 7) is 2.25. The Morgan fingerprint density at radius 1 is 0.714 bits per heavy atom. The van der Waals surface area contributed by atoms with E-state index in [0.717, 1.165) is 0 Å². The molecule has 3 aromatic rings. The molecule has 0 saturated heterocycles. The van der Waals surface area contributed by atoms with Crippen molar-refractivity contribution in [2.24, 2.45) is 0 Å². The lowest BCUT2D eigenvalue weighted by Crippen LogP contribution is -1.96. The van der Waals surface area contributed by atoms with Crippen LogP contribution in [0.25, 0.3) is 27.1 Å². The third-order valence-electron chi connectivity index (χ3n) is 4.81. The molecule has 0 aliphatic heterocycles. The smallest absolute Gasteiger partial charge is 0.00703 e. The third-order valence-corrected chi connectivity index (χ3v) is 4.81. The molecule has 0 N–H and O–H groups in total. The highest BCUT2D eigenvalue weighted by Gasteiger charge is 2.15. The molecule has 0 nitrogen and oxygen atoms in total. The highest BCUT2D eigenvalue weighted by molar-refractivity contribution is 6.11. The van der Waals surface area contributed by atoms with Crippen molar-refractivity contribution in [3.05, 3.63) is 65.7 Å². The van der Waals surface area contributed by atoms with Crippen LogP contribution in [0, 0.1) is 6.92 Å². The van der Waals surface area contributed by atoms with E-state index in [-0.39, 0.29) is 0 Å². The van der Waals surface area contributed by atoms with Crippen LogP contribution in [0.4, 0.5) is 0 Å². The van der Waals surface area contributed by atoms with Crippen molar-refractivity contribution in [3.63, 3.8) is 0 Å². The van der Waals surface area contributed by atoms with Crippen LogP contribution >= 0.6 is 0 Å². The molecule has 4 rings (SSSR count). The van der Waals surface area contributed by atoms with Crippen molar-refractivity contribution >= 4 is 27.1 Å². The number of allylic oxidation sites excluding steroid dienone is 2. The van der Waals surface area contributed by atoms with Crippen LogP contribution in [-0.2, 0) is 0 Å². The van der Waals surface area contributed by atoms with Gasteiger partial charge in [0.1, 0.15) is 0 Å². The second kappa shape index (κ2) is 5.04. The van der Waals surface area contributed by atoms with E-state index in [1.807, 2.05) is 0 Å². The fourth-order valence-corrected chi connectivity index (χ4v) is 3.76. The molecule has 21 heavy (non-hydrogen) atoms. The first-order valence-electron chi connectivity index (χ1n) is 7.96. The molecule has 0 amide bonds. The Morgan fingerprint density at radius 2 is 1.29 bits per heavy atom. The van der Waals surface area contributed by atoms with Gasteiger partial charge < -0.3 is 0 Å². The average molecular weight is 272 g/mol. The van der Waals surface area contributed by atoms with Gasteiger partial charge in [0.2, 0.25) is 0 Å². The van der Waals surface area contributed by atoms with Gasteiger partial charge in [-0.15, -0.1) is 0 Å². The standard InChI is InChI=1S/C21H20/c1-15-17-11-5-7-13-19(17)21(16-9-3-2-4-10-16)20-14-8-6-12-18(15)20/h5-9,11-14H,2-4,10H2,1H3. The summed E-state index contributed by atoms with van der Waals surface area (Å²) in [6.07, 6.45) is 7.57. The van der Waals surface area contributed by atoms with Gasteiger partial charge in [-0.25, -0.2) is 0 Å². The lowest BCUT2D eigenvalue weighted by Gasteiger charge is -2.19. The molecular weight excluding hydrogens is 252 g/mol. The molecule has 1 aliphatic rings. The van der Waals surface area contributed by atoms with Gasteiger partial charge in [-0.2, -0.15) is 0 Å². The van der Waals surface area contributed by atoms with Gasteiger partial charge in [0.25, 0.3) is 0 Å². The summed E-state index contributed by atoms with van der Waals surface area (Å²) in [6, 6.07) is 17.8. The molecule has 1 aliphatic carbocycles. The van der Waals surface area contributed by atoms with Crippen LogP contribution in [0.5, 0.6) is 0 Å². The molecule has 0 aromatic heterocycles. The Bertz CT molecular complexity index is 795. The van der Waals surface area contributed by atoms with E-state index in [0.29, 0.717) is 0 Å². The number of fused-ring (bicyclic) bond motifs is 2. The first-order valence-corrected chi connectivity index (χ1v) is 7.96. The van der Waals surface area contributed by atoms with E-state index >= 15 is 0 Å². The molecule has 104 valence electrons. The minimum Gasteiger partial charge on any atom is -0.0807 e. The van der Waals surface area contributed by atoms with Crippen LogP contribution in [0.15, 0.2) is 54.6 Å². The van der Waals surface area contributed by atoms with E-state index < -0.39 is 0 Å². The molecule has 0 atom stereocenters. The van der Waals surface area contributed by atoms with E-state index in [9.17, 15) is 0 Å². The van der Waals surface area contributed by atoms with Gasteiger partial charge in [0.15, 0.2) is 0 Å². The largest absolute Gasteiger partial charge is 0.0807 e. The predicted molar refractivity (Wildman–Crippen MR) is 92.6 cm³/mol. The maximum atomic E-state index is 2.47. The zero-order chi connectivity index (χ0) is 14.2. The normalized spacial score (nSPS) is 15.4. The van der Waals surface area contributed by atoms with Crippen molar-refractivity contribution in [2.75, 3.05) is 0 Å². The molecule has 0 radical (unpaired) electrons. The quantitative estimate of drug-likeness (QED) is 0.459. The number of aryl methyl sites for hydroxylation is 1. The van der Waals surface area contributed by atoms with Gasteiger partial charge in [-0.1, -0.05) is 54.6 Å². The number of rotatable bonds is 1. The van der Waals surface area contributed by atoms with Crippen molar-refractivity contribution in [2.45, 2.75) is 32.6 Å². The minimum atomic E-state index is 1.22. The summed E-state index contributed by atoms with van der Waals surface area (Å²) in [5, 5.41) is 5.64. The molecule has 3 aromatic carbocycles. The fraction of sp³-hybridized carbons (Fsp3) is 0.238. The van der Waals surface area contributed by atoms with Crippen LogP contribution < -0.4 is 0 Å². The highest BCUT2D eigenvalue weighted by atomic mass is 14.2. The van der Waals surface area contributed by atoms with E-state index in [2.05, 4.69) is 61.5 Å². The first kappa shape index (κ1) is 12.6. The van der Waals surface area contributed by atoms with Crippen molar-refractivity contribution in [1.82, 2.24) is 0 Å². The van der Waals surface area contributed by atoms with Crippen LogP contribution in [0.3, 0.4) is 0 Å². The lowest BCUT2D eigenvalue weighted by atomic mass is 9.85. The van der Waals surface area contributed by atoms with E-state index in [4.69, 9.17) is 0 Å². The summed E-state index contributed by atoms with van der Waals surface area (Å²) in [7, 11) is 0. The summed E-state index contributed by atoms with van der Waals surface area (Å²) >= 11 is 0. The zero-order valence-electron chi connectivity index (χ0n) is 12.5. The number of hydrogen-bond donors (Lipinski definition) is 0. The van der Waals surface area contributed by atoms with Gasteiger partial charge >= 0.3 is 0 Å². The molecular formula is C21H20. The zero-order valence-corrected chi connectivity index (χ0v) is 12.5. The number of hydrogen-bond acceptors (Lipinski definition) is 0. The first-order chi connectivity index (χ1) is 10.4. The topological polar surface area (TPSA) is 0 Å². The van der Waals surface area contributed by atoms with Crippen molar-refractivity contribution in [3.8, 4) is 0 Å². The maximum Gasteiger partial charge on any atom is -0.00703 e. The predicted octanol–water partition coefficient (Wildman–Crippen LogP) is 6.26. The monoisotopic (exact) mass is 272 g/mol. The average Bonchev–Trinajstić information content (AvgIpc) is 2.56. The van der Waals surface area contributed by atoms with Crippen LogP contribution in [-0.4, -0.2) is 0 Å². The Labute approximate surface area is 126 Å². The second-order valence-corrected chi connectivity index (χ2v) is 6.07. The van der Waals surface area contributed by atoms with Gasteiger partial charge in [-0.3, -0.25) is 0 Å². The summed E-state index contributed by atoms with van der Waals surface area (Å²) in [5.41, 5.74) is 4.43. The molecule has 0 unspecified atom stereocenters. The summed E-state index contributed by atoms with van der Waals surface area (Å²) in [4.78, 5) is 0. The van der Waals surface area contributed by atoms with E-state index in [1.54, 1.807) is 5.57 Å². The molecule has 0 heterocycles. The fourth-order valence-electron chi connectivity index (χ4n) is 3.76. The van der Waals surface area contributed by atoms with Crippen LogP contribution in [0.2, 0.25) is 0 Å². The maximum absolute atomic E-state index is 2.47. The molecule has 0 heteroatoms. The summed E-state index contributed by atoms with van der Waals surface area (Å²) < 4.78 is 0. The summed E-state index contributed by atoms with van der Waals surface area (Å²) in [5.74, 6) is 0. The van der Waals surface area contributed by atoms with Gasteiger partial charge in [0.05, 0.1) is 0 Å².